The molecule has 0 aliphatic rings. The van der Waals surface area contributed by atoms with Crippen LogP contribution in [0.1, 0.15) is 16.8 Å². The van der Waals surface area contributed by atoms with Crippen LogP contribution in [0.4, 0.5) is 0 Å². The predicted molar refractivity (Wildman–Crippen MR) is 71.7 cm³/mol. The predicted octanol–water partition coefficient (Wildman–Crippen LogP) is -0.884. The van der Waals surface area contributed by atoms with Crippen molar-refractivity contribution in [2.75, 3.05) is 13.2 Å². The van der Waals surface area contributed by atoms with Crippen LogP contribution in [0.25, 0.3) is 0 Å². The second kappa shape index (κ2) is 7.85. The van der Waals surface area contributed by atoms with Crippen LogP contribution in [0.15, 0.2) is 24.3 Å². The van der Waals surface area contributed by atoms with E-state index in [0.29, 0.717) is 0 Å². The molecule has 1 rings (SSSR count). The molecular formula is C13H16N2O6. The number of carboxylic acids is 1. The molecule has 5 N–H and O–H groups in total. The number of primary amides is 1. The fraction of sp³-hybridized carbons (Fsp3) is 0.308. The number of nitrogens with two attached hydrogens (primary N) is 1. The van der Waals surface area contributed by atoms with Gasteiger partial charge in [0.15, 0.2) is 6.61 Å². The number of carbonyl (C=O) groups excluding carboxylic acids is 2. The van der Waals surface area contributed by atoms with Crippen LogP contribution < -0.4 is 15.8 Å². The van der Waals surface area contributed by atoms with Gasteiger partial charge < -0.3 is 26.0 Å². The summed E-state index contributed by atoms with van der Waals surface area (Å²) in [5.74, 6) is -2.51. The topological polar surface area (TPSA) is 139 Å². The van der Waals surface area contributed by atoms with Gasteiger partial charge in [0.05, 0.1) is 5.56 Å². The van der Waals surface area contributed by atoms with Crippen molar-refractivity contribution in [1.29, 1.82) is 0 Å². The monoisotopic (exact) mass is 296 g/mol. The van der Waals surface area contributed by atoms with E-state index >= 15 is 0 Å². The van der Waals surface area contributed by atoms with Crippen LogP contribution >= 0.6 is 0 Å². The Kier molecular flexibility index (Phi) is 6.15. The molecule has 0 heterocycles. The molecule has 0 saturated heterocycles. The van der Waals surface area contributed by atoms with Crippen molar-refractivity contribution in [3.8, 4) is 5.75 Å². The van der Waals surface area contributed by atoms with E-state index in [1.165, 1.54) is 12.1 Å². The maximum atomic E-state index is 11.6. The minimum atomic E-state index is -1.25. The van der Waals surface area contributed by atoms with Gasteiger partial charge in [-0.15, -0.1) is 0 Å². The van der Waals surface area contributed by atoms with Gasteiger partial charge in [-0.2, -0.15) is 0 Å². The average Bonchev–Trinajstić information content (AvgIpc) is 2.44. The number of carbonyl (C=O) groups is 3. The summed E-state index contributed by atoms with van der Waals surface area (Å²) in [5, 5.41) is 19.7. The number of rotatable bonds is 8. The molecule has 0 saturated carbocycles. The fourth-order valence-electron chi connectivity index (χ4n) is 1.56. The summed E-state index contributed by atoms with van der Waals surface area (Å²) in [7, 11) is 0. The van der Waals surface area contributed by atoms with Crippen molar-refractivity contribution in [3.05, 3.63) is 29.8 Å². The Labute approximate surface area is 120 Å². The van der Waals surface area contributed by atoms with Crippen molar-refractivity contribution in [1.82, 2.24) is 5.32 Å². The summed E-state index contributed by atoms with van der Waals surface area (Å²) >= 11 is 0. The van der Waals surface area contributed by atoms with Crippen molar-refractivity contribution >= 4 is 17.8 Å². The molecule has 8 heteroatoms. The molecule has 0 radical (unpaired) electrons. The first-order valence-corrected chi connectivity index (χ1v) is 6.10. The molecule has 114 valence electrons. The van der Waals surface area contributed by atoms with Crippen molar-refractivity contribution < 1.29 is 29.3 Å². The van der Waals surface area contributed by atoms with Gasteiger partial charge in [-0.25, -0.2) is 4.79 Å². The molecule has 21 heavy (non-hydrogen) atoms. The van der Waals surface area contributed by atoms with Gasteiger partial charge in [-0.1, -0.05) is 12.1 Å². The zero-order valence-electron chi connectivity index (χ0n) is 11.1. The third-order valence-corrected chi connectivity index (χ3v) is 2.56. The molecule has 1 atom stereocenters. The molecule has 0 spiro atoms. The van der Waals surface area contributed by atoms with Gasteiger partial charge in [-0.3, -0.25) is 9.59 Å². The quantitative estimate of drug-likeness (QED) is 0.491. The highest BCUT2D eigenvalue weighted by molar-refractivity contribution is 5.95. The molecule has 2 amide bonds. The van der Waals surface area contributed by atoms with E-state index in [-0.39, 0.29) is 24.3 Å². The molecule has 0 aliphatic carbocycles. The lowest BCUT2D eigenvalue weighted by Gasteiger charge is -2.14. The number of aliphatic hydroxyl groups is 1. The first kappa shape index (κ1) is 16.4. The first-order valence-electron chi connectivity index (χ1n) is 6.10. The van der Waals surface area contributed by atoms with Crippen LogP contribution in [0.2, 0.25) is 0 Å². The molecule has 0 bridgehead atoms. The number of para-hydroxylation sites is 1. The molecule has 1 aromatic rings. The van der Waals surface area contributed by atoms with E-state index in [2.05, 4.69) is 5.32 Å². The molecule has 8 nitrogen and oxygen atoms in total. The lowest BCUT2D eigenvalue weighted by molar-refractivity contribution is -0.142. The smallest absolute Gasteiger partial charge is 0.326 e. The highest BCUT2D eigenvalue weighted by atomic mass is 16.5. The first-order chi connectivity index (χ1) is 9.95. The summed E-state index contributed by atoms with van der Waals surface area (Å²) in [6, 6.07) is 4.91. The number of ether oxygens (including phenoxy) is 1. The second-order valence-electron chi connectivity index (χ2n) is 4.12. The number of aliphatic hydroxyl groups excluding tert-OH is 1. The van der Waals surface area contributed by atoms with Crippen molar-refractivity contribution in [3.63, 3.8) is 0 Å². The fourth-order valence-corrected chi connectivity index (χ4v) is 1.56. The minimum absolute atomic E-state index is 0.112. The minimum Gasteiger partial charge on any atom is -0.483 e. The lowest BCUT2D eigenvalue weighted by Crippen LogP contribution is -2.43. The lowest BCUT2D eigenvalue weighted by atomic mass is 10.2. The van der Waals surface area contributed by atoms with E-state index in [0.717, 1.165) is 0 Å². The Morgan fingerprint density at radius 3 is 2.52 bits per heavy atom. The average molecular weight is 296 g/mol. The van der Waals surface area contributed by atoms with Gasteiger partial charge in [-0.05, 0) is 12.1 Å². The number of hydrogen-bond acceptors (Lipinski definition) is 5. The molecule has 0 fully saturated rings. The summed E-state index contributed by atoms with van der Waals surface area (Å²) in [4.78, 5) is 33.6. The SMILES string of the molecule is NC(=O)c1ccccc1OCC(=O)N[C@H](CCO)C(=O)O. The van der Waals surface area contributed by atoms with E-state index in [9.17, 15) is 14.4 Å². The van der Waals surface area contributed by atoms with Gasteiger partial charge in [0.25, 0.3) is 11.8 Å². The number of hydrogen-bond donors (Lipinski definition) is 4. The second-order valence-corrected chi connectivity index (χ2v) is 4.12. The number of carboxylic acid groups (broad SMARTS) is 1. The maximum Gasteiger partial charge on any atom is 0.326 e. The van der Waals surface area contributed by atoms with Gasteiger partial charge >= 0.3 is 5.97 Å². The van der Waals surface area contributed by atoms with Crippen LogP contribution in [0, 0.1) is 0 Å². The Bertz CT molecular complexity index is 531. The summed E-state index contributed by atoms with van der Waals surface area (Å²) in [6.45, 7) is -0.845. The van der Waals surface area contributed by atoms with Gasteiger partial charge in [0, 0.05) is 13.0 Å². The van der Waals surface area contributed by atoms with E-state index in [1.807, 2.05) is 0 Å². The largest absolute Gasteiger partial charge is 0.483 e. The number of nitrogens with one attached hydrogen (secondary N) is 1. The Morgan fingerprint density at radius 1 is 1.29 bits per heavy atom. The molecule has 1 aromatic carbocycles. The Hall–Kier alpha value is -2.61. The summed E-state index contributed by atoms with van der Waals surface area (Å²) in [6.07, 6.45) is -0.112. The van der Waals surface area contributed by atoms with Gasteiger partial charge in [0.2, 0.25) is 0 Å². The van der Waals surface area contributed by atoms with Gasteiger partial charge in [0.1, 0.15) is 11.8 Å². The van der Waals surface area contributed by atoms with E-state index < -0.39 is 30.4 Å². The maximum absolute atomic E-state index is 11.6. The van der Waals surface area contributed by atoms with Crippen LogP contribution in [-0.4, -0.2) is 47.3 Å². The standard InChI is InChI=1S/C13H16N2O6/c14-12(18)8-3-1-2-4-10(8)21-7-11(17)15-9(5-6-16)13(19)20/h1-4,9,16H,5-7H2,(H2,14,18)(H,15,17)(H,19,20)/t9-/m1/s1. The van der Waals surface area contributed by atoms with Crippen molar-refractivity contribution in [2.45, 2.75) is 12.5 Å². The van der Waals surface area contributed by atoms with Crippen molar-refractivity contribution in [2.24, 2.45) is 5.73 Å². The Balaban J connectivity index is 2.61. The summed E-state index contributed by atoms with van der Waals surface area (Å²) in [5.41, 5.74) is 5.28. The summed E-state index contributed by atoms with van der Waals surface area (Å²) < 4.78 is 5.15. The third kappa shape index (κ3) is 5.11. The molecule has 0 aliphatic heterocycles. The normalized spacial score (nSPS) is 11.5. The highest BCUT2D eigenvalue weighted by Gasteiger charge is 2.19. The van der Waals surface area contributed by atoms with E-state index in [1.54, 1.807) is 12.1 Å². The van der Waals surface area contributed by atoms with Crippen LogP contribution in [-0.2, 0) is 9.59 Å². The number of aliphatic carboxylic acids is 1. The van der Waals surface area contributed by atoms with E-state index in [4.69, 9.17) is 20.7 Å². The Morgan fingerprint density at radius 2 is 1.95 bits per heavy atom. The highest BCUT2D eigenvalue weighted by Crippen LogP contribution is 2.16. The molecule has 0 aromatic heterocycles. The number of amides is 2. The van der Waals surface area contributed by atoms with Crippen LogP contribution in [0.3, 0.4) is 0 Å². The number of benzene rings is 1. The zero-order valence-corrected chi connectivity index (χ0v) is 11.1. The van der Waals surface area contributed by atoms with Crippen LogP contribution in [0.5, 0.6) is 5.75 Å². The third-order valence-electron chi connectivity index (χ3n) is 2.56. The molecular weight excluding hydrogens is 280 g/mol. The zero-order chi connectivity index (χ0) is 15.8. The molecule has 0 unspecified atom stereocenters.